The van der Waals surface area contributed by atoms with Gasteiger partial charge in [-0.25, -0.2) is 18.7 Å². The van der Waals surface area contributed by atoms with Crippen molar-refractivity contribution in [2.24, 2.45) is 5.84 Å². The Bertz CT molecular complexity index is 887. The van der Waals surface area contributed by atoms with E-state index in [-0.39, 0.29) is 23.4 Å². The van der Waals surface area contributed by atoms with E-state index in [0.29, 0.717) is 5.75 Å². The van der Waals surface area contributed by atoms with Gasteiger partial charge < -0.3 is 4.74 Å². The summed E-state index contributed by atoms with van der Waals surface area (Å²) in [6.07, 6.45) is 1.02. The van der Waals surface area contributed by atoms with E-state index in [0.717, 1.165) is 16.6 Å². The summed E-state index contributed by atoms with van der Waals surface area (Å²) in [4.78, 5) is 11.4. The van der Waals surface area contributed by atoms with Crippen molar-refractivity contribution in [1.29, 1.82) is 0 Å². The molecule has 0 fully saturated rings. The van der Waals surface area contributed by atoms with Crippen molar-refractivity contribution in [3.05, 3.63) is 59.4 Å². The molecular weight excluding hydrogens is 349 g/mol. The number of hydrogen-bond donors (Lipinski definition) is 2. The fourth-order valence-corrected chi connectivity index (χ4v) is 3.15. The molecular formula is C16H18FN3O4S. The normalized spacial score (nSPS) is 11.0. The van der Waals surface area contributed by atoms with Gasteiger partial charge in [0.15, 0.2) is 0 Å². The van der Waals surface area contributed by atoms with Gasteiger partial charge in [0.1, 0.15) is 11.6 Å². The number of carbonyl (C=O) groups is 1. The Morgan fingerprint density at radius 2 is 1.96 bits per heavy atom. The van der Waals surface area contributed by atoms with E-state index in [4.69, 9.17) is 10.6 Å². The third-order valence-electron chi connectivity index (χ3n) is 3.51. The SMILES string of the molecule is COc1ccccc1N(Cc1ccc(C(=O)NN)cc1F)S(C)(=O)=O. The summed E-state index contributed by atoms with van der Waals surface area (Å²) in [5, 5.41) is 0. The molecule has 3 N–H and O–H groups in total. The highest BCUT2D eigenvalue weighted by atomic mass is 32.2. The van der Waals surface area contributed by atoms with E-state index in [1.54, 1.807) is 24.3 Å². The van der Waals surface area contributed by atoms with E-state index in [1.807, 2.05) is 5.43 Å². The van der Waals surface area contributed by atoms with Crippen LogP contribution < -0.4 is 20.3 Å². The van der Waals surface area contributed by atoms with Crippen LogP contribution in [0.15, 0.2) is 42.5 Å². The minimum absolute atomic E-state index is 0.0342. The number of nitrogens with zero attached hydrogens (tertiary/aromatic N) is 1. The van der Waals surface area contributed by atoms with E-state index in [1.165, 1.54) is 19.2 Å². The number of halogens is 1. The average molecular weight is 367 g/mol. The standard InChI is InChI=1S/C16H18FN3O4S/c1-24-15-6-4-3-5-14(15)20(25(2,22)23)10-12-8-7-11(9-13(12)17)16(21)19-18/h3-9H,10,18H2,1-2H3,(H,19,21). The molecule has 0 atom stereocenters. The third kappa shape index (κ3) is 4.25. The molecule has 2 rings (SSSR count). The fourth-order valence-electron chi connectivity index (χ4n) is 2.27. The zero-order chi connectivity index (χ0) is 18.6. The Kier molecular flexibility index (Phi) is 5.60. The molecule has 25 heavy (non-hydrogen) atoms. The van der Waals surface area contributed by atoms with Gasteiger partial charge in [0.2, 0.25) is 10.0 Å². The molecule has 7 nitrogen and oxygen atoms in total. The first-order valence-corrected chi connectivity index (χ1v) is 9.03. The Morgan fingerprint density at radius 3 is 2.52 bits per heavy atom. The number of nitrogen functional groups attached to an aromatic ring is 1. The molecule has 0 aliphatic rings. The lowest BCUT2D eigenvalue weighted by molar-refractivity contribution is 0.0953. The monoisotopic (exact) mass is 367 g/mol. The first kappa shape index (κ1) is 18.7. The molecule has 0 aliphatic heterocycles. The van der Waals surface area contributed by atoms with Crippen molar-refractivity contribution >= 4 is 21.6 Å². The first-order valence-electron chi connectivity index (χ1n) is 7.18. The summed E-state index contributed by atoms with van der Waals surface area (Å²) in [5.74, 6) is 3.99. The van der Waals surface area contributed by atoms with Gasteiger partial charge in [0, 0.05) is 11.1 Å². The molecule has 0 saturated carbocycles. The summed E-state index contributed by atoms with van der Waals surface area (Å²) in [5.41, 5.74) is 2.33. The minimum Gasteiger partial charge on any atom is -0.495 e. The average Bonchev–Trinajstić information content (AvgIpc) is 2.58. The third-order valence-corrected chi connectivity index (χ3v) is 4.64. The maximum Gasteiger partial charge on any atom is 0.265 e. The second-order valence-corrected chi connectivity index (χ2v) is 7.13. The maximum absolute atomic E-state index is 14.3. The summed E-state index contributed by atoms with van der Waals surface area (Å²) < 4.78 is 45.0. The van der Waals surface area contributed by atoms with Crippen LogP contribution in [0.1, 0.15) is 15.9 Å². The second-order valence-electron chi connectivity index (χ2n) is 5.22. The summed E-state index contributed by atoms with van der Waals surface area (Å²) >= 11 is 0. The fraction of sp³-hybridized carbons (Fsp3) is 0.188. The van der Waals surface area contributed by atoms with Crippen molar-refractivity contribution in [3.8, 4) is 5.75 Å². The Hall–Kier alpha value is -2.65. The summed E-state index contributed by atoms with van der Waals surface area (Å²) in [6, 6.07) is 10.2. The van der Waals surface area contributed by atoms with Gasteiger partial charge in [-0.15, -0.1) is 0 Å². The van der Waals surface area contributed by atoms with Crippen LogP contribution in [0.2, 0.25) is 0 Å². The van der Waals surface area contributed by atoms with Gasteiger partial charge >= 0.3 is 0 Å². The molecule has 0 aromatic heterocycles. The number of ether oxygens (including phenoxy) is 1. The highest BCUT2D eigenvalue weighted by Crippen LogP contribution is 2.31. The van der Waals surface area contributed by atoms with E-state index >= 15 is 0 Å². The number of sulfonamides is 1. The number of nitrogens with one attached hydrogen (secondary N) is 1. The smallest absolute Gasteiger partial charge is 0.265 e. The van der Waals surface area contributed by atoms with Crippen LogP contribution in [0, 0.1) is 5.82 Å². The molecule has 0 unspecified atom stereocenters. The highest BCUT2D eigenvalue weighted by Gasteiger charge is 2.23. The zero-order valence-corrected chi connectivity index (χ0v) is 14.5. The van der Waals surface area contributed by atoms with Gasteiger partial charge in [-0.1, -0.05) is 18.2 Å². The molecule has 0 saturated heterocycles. The number of para-hydroxylation sites is 2. The number of methoxy groups -OCH3 is 1. The number of hydrogen-bond acceptors (Lipinski definition) is 5. The first-order chi connectivity index (χ1) is 11.8. The van der Waals surface area contributed by atoms with E-state index in [2.05, 4.69) is 0 Å². The number of anilines is 1. The van der Waals surface area contributed by atoms with Gasteiger partial charge in [-0.2, -0.15) is 0 Å². The van der Waals surface area contributed by atoms with Gasteiger partial charge in [-0.3, -0.25) is 14.5 Å². The van der Waals surface area contributed by atoms with Crippen LogP contribution in [0.25, 0.3) is 0 Å². The van der Waals surface area contributed by atoms with Crippen molar-refractivity contribution in [1.82, 2.24) is 5.43 Å². The molecule has 1 amide bonds. The van der Waals surface area contributed by atoms with Crippen LogP contribution in [0.3, 0.4) is 0 Å². The van der Waals surface area contributed by atoms with Crippen molar-refractivity contribution in [2.75, 3.05) is 17.7 Å². The minimum atomic E-state index is -3.71. The number of carbonyl (C=O) groups excluding carboxylic acids is 1. The Labute approximate surface area is 145 Å². The van der Waals surface area contributed by atoms with Crippen molar-refractivity contribution in [2.45, 2.75) is 6.54 Å². The topological polar surface area (TPSA) is 102 Å². The molecule has 0 spiro atoms. The Balaban J connectivity index is 2.44. The summed E-state index contributed by atoms with van der Waals surface area (Å²) in [7, 11) is -2.29. The summed E-state index contributed by atoms with van der Waals surface area (Å²) in [6.45, 7) is -0.254. The second kappa shape index (κ2) is 7.49. The predicted octanol–water partition coefficient (Wildman–Crippen LogP) is 1.40. The number of nitrogens with two attached hydrogens (primary N) is 1. The number of rotatable bonds is 6. The van der Waals surface area contributed by atoms with Crippen LogP contribution in [-0.2, 0) is 16.6 Å². The molecule has 0 aliphatic carbocycles. The lowest BCUT2D eigenvalue weighted by Crippen LogP contribution is -2.31. The molecule has 134 valence electrons. The maximum atomic E-state index is 14.3. The molecule has 9 heteroatoms. The van der Waals surface area contributed by atoms with E-state index in [9.17, 15) is 17.6 Å². The van der Waals surface area contributed by atoms with Gasteiger partial charge in [0.05, 0.1) is 25.6 Å². The largest absolute Gasteiger partial charge is 0.495 e. The van der Waals surface area contributed by atoms with Crippen LogP contribution in [0.4, 0.5) is 10.1 Å². The lowest BCUT2D eigenvalue weighted by Gasteiger charge is -2.24. The quantitative estimate of drug-likeness (QED) is 0.457. The van der Waals surface area contributed by atoms with Crippen LogP contribution in [0.5, 0.6) is 5.75 Å². The predicted molar refractivity (Wildman–Crippen MR) is 92.1 cm³/mol. The molecule has 2 aromatic carbocycles. The van der Waals surface area contributed by atoms with Crippen LogP contribution in [-0.4, -0.2) is 27.7 Å². The zero-order valence-electron chi connectivity index (χ0n) is 13.7. The van der Waals surface area contributed by atoms with Crippen molar-refractivity contribution < 1.29 is 22.3 Å². The Morgan fingerprint density at radius 1 is 1.28 bits per heavy atom. The van der Waals surface area contributed by atoms with E-state index < -0.39 is 21.7 Å². The van der Waals surface area contributed by atoms with Crippen LogP contribution >= 0.6 is 0 Å². The van der Waals surface area contributed by atoms with Gasteiger partial charge in [-0.05, 0) is 24.3 Å². The number of amides is 1. The highest BCUT2D eigenvalue weighted by molar-refractivity contribution is 7.92. The number of benzene rings is 2. The number of hydrazine groups is 1. The van der Waals surface area contributed by atoms with Crippen molar-refractivity contribution in [3.63, 3.8) is 0 Å². The van der Waals surface area contributed by atoms with Gasteiger partial charge in [0.25, 0.3) is 5.91 Å². The lowest BCUT2D eigenvalue weighted by atomic mass is 10.1. The molecule has 2 aromatic rings. The molecule has 0 heterocycles. The molecule has 0 bridgehead atoms. The molecule has 0 radical (unpaired) electrons.